The first-order chi connectivity index (χ1) is 57.6. The summed E-state index contributed by atoms with van der Waals surface area (Å²) < 4.78 is 81.1. The SMILES string of the molecule is C=CC(=O)N1CCN(c2nc(=O)n(-c3c(C)ccnc3C(C)C/C=C\C(=O)N3CCN(C4=NC(O)N(c5c(CC)ccc(/C=C\C(=O)N6CCN(c7nc(=O)n(-c8c(CC)ncnc8CC)c8nc(-c9c(O)cccc9F)c(F)cc78)[C@@H](C)C6)c5CC)c5nc(N6CC(O)C6)c(Cl)cc54)[C@@H](C)C3)c3nc(-c4ccc(F)cc4F)c(F)cc23)[C@@H](C)C1. The van der Waals surface area contributed by atoms with Crippen LogP contribution in [0.25, 0.3) is 62.0 Å². The lowest BCUT2D eigenvalue weighted by Crippen LogP contribution is -2.56. The molecule has 33 heteroatoms. The standard InChI is InChI=1S/C87H89ClF5N19O8/c1-11-51-22-23-52(24-27-70(117)105-32-35-109(50(10)42-105)80-59-39-64(93)74(71-61(90)19-17-20-67(71)114)98-82(59)112(87(120)102-80)77-65(13-3)95-45-96-66(77)14-4)55(12-2)76(51)111-83-57(37-60(88)84(99-83)106-43-54(113)44-106)78(100-86(111)119)107-34-31-104(41-49(107)9)69(116)21-16-18-46(6)72-75(47(7)28-29-94-72)110-81-58(38-63(92)73(97-81)56-26-25-53(89)36-62(56)91)79(101-85(110)118)108-33-30-103(40-48(108)8)68(115)15-5/h15-17,19-29,36-39,45-46,48-50,54,86,113-114,119H,5,11-14,18,30-35,40-44H2,1-4,6-10H3/b21-16-,27-24-/t46?,48-,49-,50-,86?/m0/s1. The fourth-order valence-electron chi connectivity index (χ4n) is 17.0. The molecule has 7 aromatic heterocycles. The van der Waals surface area contributed by atoms with Gasteiger partial charge in [0.05, 0.1) is 67.2 Å². The number of aliphatic hydroxyl groups excluding tert-OH is 2. The zero-order valence-corrected chi connectivity index (χ0v) is 68.4. The van der Waals surface area contributed by atoms with Gasteiger partial charge in [0.1, 0.15) is 75.8 Å². The second-order valence-electron chi connectivity index (χ2n) is 30.7. The largest absolute Gasteiger partial charge is 0.507 e. The van der Waals surface area contributed by atoms with Crippen molar-refractivity contribution in [2.24, 2.45) is 4.99 Å². The third-order valence-electron chi connectivity index (χ3n) is 23.1. The molecule has 3 N–H and O–H groups in total. The molecule has 5 atom stereocenters. The number of fused-ring (bicyclic) bond motifs is 3. The molecule has 3 aromatic carbocycles. The highest BCUT2D eigenvalue weighted by Crippen LogP contribution is 2.45. The molecule has 0 aliphatic carbocycles. The van der Waals surface area contributed by atoms with E-state index in [-0.39, 0.29) is 146 Å². The Morgan fingerprint density at radius 3 is 1.77 bits per heavy atom. The van der Waals surface area contributed by atoms with Gasteiger partial charge in [-0.3, -0.25) is 24.3 Å². The van der Waals surface area contributed by atoms with E-state index in [4.69, 9.17) is 26.6 Å². The van der Waals surface area contributed by atoms with Gasteiger partial charge in [-0.05, 0) is 149 Å². The molecule has 120 heavy (non-hydrogen) atoms. The van der Waals surface area contributed by atoms with E-state index < -0.39 is 99.7 Å². The van der Waals surface area contributed by atoms with Crippen molar-refractivity contribution in [1.82, 2.24) is 68.6 Å². The van der Waals surface area contributed by atoms with Gasteiger partial charge in [0, 0.05) is 120 Å². The molecule has 15 rings (SSSR count). The van der Waals surface area contributed by atoms with Gasteiger partial charge in [-0.25, -0.2) is 70.6 Å². The zero-order chi connectivity index (χ0) is 85.1. The van der Waals surface area contributed by atoms with Crippen LogP contribution in [0, 0.1) is 36.0 Å². The molecule has 622 valence electrons. The number of amidine groups is 1. The Kier molecular flexibility index (Phi) is 23.3. The number of hydrogen-bond donors (Lipinski definition) is 3. The number of allylic oxidation sites excluding steroid dienone is 1. The molecule has 27 nitrogen and oxygen atoms in total. The Hall–Kier alpha value is -12.4. The highest BCUT2D eigenvalue weighted by molar-refractivity contribution is 6.33. The van der Waals surface area contributed by atoms with Gasteiger partial charge < -0.3 is 49.6 Å². The summed E-state index contributed by atoms with van der Waals surface area (Å²) in [4.78, 5) is 128. The van der Waals surface area contributed by atoms with Crippen LogP contribution in [0.2, 0.25) is 5.02 Å². The summed E-state index contributed by atoms with van der Waals surface area (Å²) in [5, 5.41) is 34.7. The molecule has 0 radical (unpaired) electrons. The summed E-state index contributed by atoms with van der Waals surface area (Å²) in [5.74, 6) is -5.53. The number of anilines is 5. The number of hydrogen-bond acceptors (Lipinski definition) is 22. The number of aromatic nitrogens is 10. The first kappa shape index (κ1) is 82.7. The van der Waals surface area contributed by atoms with Crippen LogP contribution in [0.1, 0.15) is 113 Å². The average molecular weight is 1660 g/mol. The molecule has 0 spiro atoms. The first-order valence-electron chi connectivity index (χ1n) is 40.1. The smallest absolute Gasteiger partial charge is 0.355 e. The monoisotopic (exact) mass is 1660 g/mol. The van der Waals surface area contributed by atoms with Crippen LogP contribution in [0.4, 0.5) is 50.9 Å². The van der Waals surface area contributed by atoms with Crippen molar-refractivity contribution in [2.75, 3.05) is 91.6 Å². The molecule has 4 saturated heterocycles. The predicted octanol–water partition coefficient (Wildman–Crippen LogP) is 11.0. The Balaban J connectivity index is 0.675. The summed E-state index contributed by atoms with van der Waals surface area (Å²) in [6, 6.07) is 14.5. The number of amides is 3. The second-order valence-corrected chi connectivity index (χ2v) is 31.1. The fraction of sp³-hybridized carbons (Fsp3) is 0.356. The lowest BCUT2D eigenvalue weighted by Gasteiger charge is -2.45. The number of halogens is 6. The van der Waals surface area contributed by atoms with Gasteiger partial charge in [0.25, 0.3) is 0 Å². The number of aromatic hydroxyl groups is 1. The number of carbonyl (C=O) groups excluding carboxylic acids is 3. The summed E-state index contributed by atoms with van der Waals surface area (Å²) in [7, 11) is 0. The van der Waals surface area contributed by atoms with E-state index in [0.717, 1.165) is 41.5 Å². The summed E-state index contributed by atoms with van der Waals surface area (Å²) >= 11 is 7.20. The molecule has 5 aliphatic heterocycles. The number of rotatable bonds is 19. The molecular weight excluding hydrogens is 1570 g/mol. The van der Waals surface area contributed by atoms with E-state index in [2.05, 4.69) is 36.5 Å². The third kappa shape index (κ3) is 15.2. The Morgan fingerprint density at radius 2 is 1.19 bits per heavy atom. The van der Waals surface area contributed by atoms with E-state index in [1.54, 1.807) is 66.8 Å². The van der Waals surface area contributed by atoms with Crippen LogP contribution in [-0.2, 0) is 40.1 Å². The van der Waals surface area contributed by atoms with Gasteiger partial charge in [-0.1, -0.05) is 77.1 Å². The van der Waals surface area contributed by atoms with E-state index >= 15 is 17.6 Å². The van der Waals surface area contributed by atoms with E-state index in [1.165, 1.54) is 45.8 Å². The molecule has 0 saturated carbocycles. The van der Waals surface area contributed by atoms with Crippen molar-refractivity contribution in [1.29, 1.82) is 0 Å². The number of benzene rings is 3. The third-order valence-corrected chi connectivity index (χ3v) is 23.4. The minimum atomic E-state index is -1.57. The Bertz CT molecular complexity index is 6000. The normalized spacial score (nSPS) is 18.2. The number of aliphatic hydroxyl groups is 2. The predicted molar refractivity (Wildman–Crippen MR) is 448 cm³/mol. The van der Waals surface area contributed by atoms with Crippen molar-refractivity contribution in [2.45, 2.75) is 131 Å². The quantitative estimate of drug-likeness (QED) is 0.0500. The number of phenolic OH excluding ortho intramolecular Hbond substituents is 1. The molecule has 12 heterocycles. The summed E-state index contributed by atoms with van der Waals surface area (Å²) in [6.07, 6.45) is 10.3. The molecule has 0 bridgehead atoms. The van der Waals surface area contributed by atoms with Crippen molar-refractivity contribution < 1.29 is 51.7 Å². The van der Waals surface area contributed by atoms with Crippen LogP contribution in [0.3, 0.4) is 0 Å². The molecule has 10 aromatic rings. The number of nitrogens with zero attached hydrogens (tertiary/aromatic N) is 19. The van der Waals surface area contributed by atoms with Crippen molar-refractivity contribution in [3.05, 3.63) is 216 Å². The van der Waals surface area contributed by atoms with Crippen LogP contribution < -0.4 is 31.0 Å². The van der Waals surface area contributed by atoms with Crippen molar-refractivity contribution in [3.8, 4) is 39.6 Å². The number of pyridine rings is 4. The Labute approximate surface area is 692 Å². The van der Waals surface area contributed by atoms with Crippen LogP contribution in [-0.4, -0.2) is 210 Å². The summed E-state index contributed by atoms with van der Waals surface area (Å²) in [5.41, 5.74) is 2.28. The van der Waals surface area contributed by atoms with E-state index in [9.17, 15) is 43.7 Å². The summed E-state index contributed by atoms with van der Waals surface area (Å²) in [6.45, 7) is 22.9. The van der Waals surface area contributed by atoms with Gasteiger partial charge in [0.2, 0.25) is 24.1 Å². The molecular formula is C87H89ClF5N19O8. The number of carbonyl (C=O) groups is 3. The number of aryl methyl sites for hydroxylation is 4. The minimum absolute atomic E-state index is 0.0752. The van der Waals surface area contributed by atoms with Gasteiger partial charge >= 0.3 is 11.4 Å². The van der Waals surface area contributed by atoms with Crippen molar-refractivity contribution >= 4 is 92.3 Å². The van der Waals surface area contributed by atoms with E-state index in [0.29, 0.717) is 94.4 Å². The van der Waals surface area contributed by atoms with Gasteiger partial charge in [-0.2, -0.15) is 9.97 Å². The zero-order valence-electron chi connectivity index (χ0n) is 67.6. The van der Waals surface area contributed by atoms with Gasteiger partial charge in [0.15, 0.2) is 17.1 Å². The maximum Gasteiger partial charge on any atom is 0.355 e. The lowest BCUT2D eigenvalue weighted by molar-refractivity contribution is -0.128. The number of aliphatic imine (C=N–C) groups is 1. The first-order valence-corrected chi connectivity index (χ1v) is 40.5. The van der Waals surface area contributed by atoms with E-state index in [1.807, 2.05) is 77.3 Å². The molecule has 2 unspecified atom stereocenters. The van der Waals surface area contributed by atoms with Crippen LogP contribution >= 0.6 is 11.6 Å². The highest BCUT2D eigenvalue weighted by atomic mass is 35.5. The number of phenols is 1. The second kappa shape index (κ2) is 33.8. The molecule has 5 aliphatic rings. The number of piperazine rings is 3. The average Bonchev–Trinajstić information content (AvgIpc) is 0.706. The van der Waals surface area contributed by atoms with Crippen molar-refractivity contribution in [3.63, 3.8) is 0 Å². The van der Waals surface area contributed by atoms with Gasteiger partial charge in [-0.15, -0.1) is 0 Å². The number of β-amino-alcohol motifs (C(OH)–C–C–N with tert-alkyl or cyclic N) is 1. The van der Waals surface area contributed by atoms with Crippen LogP contribution in [0.5, 0.6) is 5.75 Å². The minimum Gasteiger partial charge on any atom is -0.507 e. The fourth-order valence-corrected chi connectivity index (χ4v) is 17.3. The maximum atomic E-state index is 16.7. The molecule has 3 amide bonds. The van der Waals surface area contributed by atoms with Crippen LogP contribution in [0.15, 0.2) is 131 Å². The highest BCUT2D eigenvalue weighted by Gasteiger charge is 2.41. The lowest BCUT2D eigenvalue weighted by atomic mass is 9.95. The molecule has 4 fully saturated rings. The maximum absolute atomic E-state index is 16.7. The topological polar surface area (TPSA) is 297 Å². The Morgan fingerprint density at radius 1 is 0.600 bits per heavy atom.